The summed E-state index contributed by atoms with van der Waals surface area (Å²) in [5.74, 6) is 1.63. The zero-order chi connectivity index (χ0) is 18.2. The van der Waals surface area contributed by atoms with E-state index in [1.165, 1.54) is 16.3 Å². The Morgan fingerprint density at radius 2 is 1.69 bits per heavy atom. The molecule has 0 spiro atoms. The number of hydrogen-bond donors (Lipinski definition) is 1. The fourth-order valence-corrected chi connectivity index (χ4v) is 3.79. The second kappa shape index (κ2) is 9.44. The van der Waals surface area contributed by atoms with Gasteiger partial charge in [-0.1, -0.05) is 66.7 Å². The summed E-state index contributed by atoms with van der Waals surface area (Å²) in [5, 5.41) is 5.55. The quantitative estimate of drug-likeness (QED) is 0.544. The molecule has 0 aliphatic heterocycles. The van der Waals surface area contributed by atoms with Gasteiger partial charge in [-0.25, -0.2) is 0 Å². The maximum atomic E-state index is 12.2. The van der Waals surface area contributed by atoms with Gasteiger partial charge >= 0.3 is 0 Å². The third-order valence-corrected chi connectivity index (χ3v) is 5.52. The zero-order valence-corrected chi connectivity index (χ0v) is 16.0. The lowest BCUT2D eigenvalue weighted by Gasteiger charge is -2.15. The van der Waals surface area contributed by atoms with Crippen molar-refractivity contribution in [3.8, 4) is 0 Å². The summed E-state index contributed by atoms with van der Waals surface area (Å²) in [6, 6.07) is 25.2. The average Bonchev–Trinajstić information content (AvgIpc) is 2.68. The molecular formula is C23H25NOS. The highest BCUT2D eigenvalue weighted by atomic mass is 32.2. The Balaban J connectivity index is 1.40. The van der Waals surface area contributed by atoms with E-state index in [1.54, 1.807) is 11.8 Å². The van der Waals surface area contributed by atoms with E-state index in [0.29, 0.717) is 5.75 Å². The van der Waals surface area contributed by atoms with E-state index in [4.69, 9.17) is 0 Å². The van der Waals surface area contributed by atoms with Crippen LogP contribution in [0.1, 0.15) is 30.5 Å². The van der Waals surface area contributed by atoms with E-state index in [9.17, 15) is 4.79 Å². The minimum absolute atomic E-state index is 0.0250. The summed E-state index contributed by atoms with van der Waals surface area (Å²) in [7, 11) is 0. The van der Waals surface area contributed by atoms with Gasteiger partial charge in [0.25, 0.3) is 0 Å². The van der Waals surface area contributed by atoms with Crippen molar-refractivity contribution in [2.75, 3.05) is 11.5 Å². The van der Waals surface area contributed by atoms with Crippen LogP contribution in [-0.4, -0.2) is 17.4 Å². The van der Waals surface area contributed by atoms with Gasteiger partial charge in [-0.05, 0) is 53.5 Å². The summed E-state index contributed by atoms with van der Waals surface area (Å²) < 4.78 is 0. The summed E-state index contributed by atoms with van der Waals surface area (Å²) >= 11 is 1.71. The maximum Gasteiger partial charge on any atom is 0.230 e. The highest BCUT2D eigenvalue weighted by Gasteiger charge is 2.10. The molecule has 2 nitrogen and oxygen atoms in total. The van der Waals surface area contributed by atoms with E-state index in [-0.39, 0.29) is 11.9 Å². The zero-order valence-electron chi connectivity index (χ0n) is 15.2. The summed E-state index contributed by atoms with van der Waals surface area (Å²) in [6.07, 6.45) is 2.17. The lowest BCUT2D eigenvalue weighted by molar-refractivity contribution is -0.119. The van der Waals surface area contributed by atoms with Crippen LogP contribution < -0.4 is 5.32 Å². The van der Waals surface area contributed by atoms with Gasteiger partial charge in [0.1, 0.15) is 0 Å². The van der Waals surface area contributed by atoms with Crippen LogP contribution in [0.5, 0.6) is 0 Å². The Morgan fingerprint density at radius 1 is 0.962 bits per heavy atom. The van der Waals surface area contributed by atoms with Crippen molar-refractivity contribution in [1.82, 2.24) is 5.32 Å². The minimum Gasteiger partial charge on any atom is -0.349 e. The molecule has 0 heterocycles. The van der Waals surface area contributed by atoms with Gasteiger partial charge in [-0.3, -0.25) is 4.79 Å². The standard InChI is InChI=1S/C23H25NOS/c1-18(21-14-13-20-11-5-6-12-22(20)16-21)24-23(25)17-26-15-7-10-19-8-3-2-4-9-19/h2-6,8-9,11-14,16,18H,7,10,15,17H2,1H3,(H,24,25). The first-order valence-electron chi connectivity index (χ1n) is 9.12. The summed E-state index contributed by atoms with van der Waals surface area (Å²) in [4.78, 5) is 12.2. The van der Waals surface area contributed by atoms with Crippen molar-refractivity contribution in [1.29, 1.82) is 0 Å². The number of amides is 1. The number of thioether (sulfide) groups is 1. The average molecular weight is 364 g/mol. The molecule has 3 rings (SSSR count). The van der Waals surface area contributed by atoms with Crippen LogP contribution in [0, 0.1) is 0 Å². The van der Waals surface area contributed by atoms with E-state index in [2.05, 4.69) is 59.9 Å². The summed E-state index contributed by atoms with van der Waals surface area (Å²) in [6.45, 7) is 2.04. The predicted octanol–water partition coefficient (Wildman–Crippen LogP) is 5.38. The molecule has 1 unspecified atom stereocenters. The van der Waals surface area contributed by atoms with Crippen LogP contribution in [0.25, 0.3) is 10.8 Å². The Hall–Kier alpha value is -2.26. The Bertz CT molecular complexity index is 847. The molecule has 0 radical (unpaired) electrons. The normalized spacial score (nSPS) is 12.0. The molecule has 1 N–H and O–H groups in total. The maximum absolute atomic E-state index is 12.2. The van der Waals surface area contributed by atoms with Gasteiger partial charge in [0.15, 0.2) is 0 Å². The van der Waals surface area contributed by atoms with Crippen molar-refractivity contribution >= 4 is 28.4 Å². The van der Waals surface area contributed by atoms with Crippen molar-refractivity contribution < 1.29 is 4.79 Å². The molecule has 0 fully saturated rings. The second-order valence-corrected chi connectivity index (χ2v) is 7.64. The first-order chi connectivity index (χ1) is 12.7. The van der Waals surface area contributed by atoms with Gasteiger partial charge in [0.05, 0.1) is 11.8 Å². The minimum atomic E-state index is 0.0250. The molecule has 0 aliphatic rings. The molecule has 26 heavy (non-hydrogen) atoms. The number of hydrogen-bond acceptors (Lipinski definition) is 2. The van der Waals surface area contributed by atoms with Gasteiger partial charge < -0.3 is 5.32 Å². The Labute approximate surface area is 160 Å². The number of aryl methyl sites for hydroxylation is 1. The topological polar surface area (TPSA) is 29.1 Å². The van der Waals surface area contributed by atoms with Crippen molar-refractivity contribution in [2.45, 2.75) is 25.8 Å². The number of carbonyl (C=O) groups excluding carboxylic acids is 1. The summed E-state index contributed by atoms with van der Waals surface area (Å²) in [5.41, 5.74) is 2.51. The van der Waals surface area contributed by atoms with Crippen LogP contribution >= 0.6 is 11.8 Å². The van der Waals surface area contributed by atoms with Crippen molar-refractivity contribution in [3.63, 3.8) is 0 Å². The van der Waals surface area contributed by atoms with Crippen LogP contribution in [-0.2, 0) is 11.2 Å². The lowest BCUT2D eigenvalue weighted by atomic mass is 10.0. The third-order valence-electron chi connectivity index (χ3n) is 4.48. The fraction of sp³-hybridized carbons (Fsp3) is 0.261. The Morgan fingerprint density at radius 3 is 2.50 bits per heavy atom. The Kier molecular flexibility index (Phi) is 6.73. The fourth-order valence-electron chi connectivity index (χ4n) is 3.03. The van der Waals surface area contributed by atoms with Gasteiger partial charge in [-0.2, -0.15) is 11.8 Å². The van der Waals surface area contributed by atoms with Crippen molar-refractivity contribution in [2.24, 2.45) is 0 Å². The number of carbonyl (C=O) groups is 1. The highest BCUT2D eigenvalue weighted by molar-refractivity contribution is 7.99. The molecule has 134 valence electrons. The molecular weight excluding hydrogens is 338 g/mol. The van der Waals surface area contributed by atoms with E-state index >= 15 is 0 Å². The molecule has 1 atom stereocenters. The molecule has 0 saturated carbocycles. The van der Waals surface area contributed by atoms with Crippen LogP contribution in [0.15, 0.2) is 72.8 Å². The van der Waals surface area contributed by atoms with Crippen LogP contribution in [0.4, 0.5) is 0 Å². The molecule has 3 heteroatoms. The monoisotopic (exact) mass is 363 g/mol. The molecule has 3 aromatic carbocycles. The van der Waals surface area contributed by atoms with E-state index in [1.807, 2.05) is 25.1 Å². The van der Waals surface area contributed by atoms with Gasteiger partial charge in [0, 0.05) is 0 Å². The third kappa shape index (κ3) is 5.37. The molecule has 0 saturated heterocycles. The first kappa shape index (κ1) is 18.5. The number of benzene rings is 3. The molecule has 3 aromatic rings. The second-order valence-electron chi connectivity index (χ2n) is 6.54. The van der Waals surface area contributed by atoms with Crippen LogP contribution in [0.3, 0.4) is 0 Å². The molecule has 0 aromatic heterocycles. The van der Waals surface area contributed by atoms with Crippen LogP contribution in [0.2, 0.25) is 0 Å². The lowest BCUT2D eigenvalue weighted by Crippen LogP contribution is -2.28. The predicted molar refractivity (Wildman–Crippen MR) is 113 cm³/mol. The van der Waals surface area contributed by atoms with Crippen molar-refractivity contribution in [3.05, 3.63) is 83.9 Å². The number of nitrogens with one attached hydrogen (secondary N) is 1. The molecule has 1 amide bonds. The number of rotatable bonds is 8. The van der Waals surface area contributed by atoms with Gasteiger partial charge in [0.2, 0.25) is 5.91 Å². The smallest absolute Gasteiger partial charge is 0.230 e. The first-order valence-corrected chi connectivity index (χ1v) is 10.3. The highest BCUT2D eigenvalue weighted by Crippen LogP contribution is 2.20. The van der Waals surface area contributed by atoms with Gasteiger partial charge in [-0.15, -0.1) is 0 Å². The largest absolute Gasteiger partial charge is 0.349 e. The number of fused-ring (bicyclic) bond motifs is 1. The molecule has 0 aliphatic carbocycles. The molecule has 0 bridgehead atoms. The SMILES string of the molecule is CC(NC(=O)CSCCCc1ccccc1)c1ccc2ccccc2c1. The van der Waals surface area contributed by atoms with E-state index < -0.39 is 0 Å². The van der Waals surface area contributed by atoms with E-state index in [0.717, 1.165) is 24.2 Å².